The normalized spacial score (nSPS) is 26.7. The fraction of sp³-hybridized carbons (Fsp3) is 0.643. The molecule has 2 saturated carbocycles. The maximum absolute atomic E-state index is 13.6. The first-order chi connectivity index (χ1) is 15.4. The molecule has 0 nitrogen and oxygen atoms in total. The largest absolute Gasteiger partial charge is 0.419 e. The summed E-state index contributed by atoms with van der Waals surface area (Å²) in [4.78, 5) is 0. The lowest BCUT2D eigenvalue weighted by Crippen LogP contribution is -2.25. The Hall–Kier alpha value is -1.76. The first-order valence-electron chi connectivity index (χ1n) is 12.4. The Balaban J connectivity index is 1.40. The van der Waals surface area contributed by atoms with Gasteiger partial charge in [0.2, 0.25) is 0 Å². The monoisotopic (exact) mass is 448 g/mol. The standard InChI is InChI=1S/C28H36F4/c1-2-3-4-7-21-10-15-24(16-11-21)25-17-12-22(13-18-25)8-5-6-9-23-14-19-26(27(29)20-23)28(30,31)32/h5,8,14,19-22,24-25H,2-4,7,10-13,15-18H2,1H3/t21-,22-,24-,25-. The number of rotatable bonds is 6. The van der Waals surface area contributed by atoms with Gasteiger partial charge in [0.15, 0.2) is 0 Å². The third-order valence-corrected chi connectivity index (χ3v) is 7.53. The number of alkyl halides is 3. The molecule has 2 aliphatic rings. The Morgan fingerprint density at radius 3 is 2.19 bits per heavy atom. The topological polar surface area (TPSA) is 0 Å². The summed E-state index contributed by atoms with van der Waals surface area (Å²) in [6.45, 7) is 2.27. The van der Waals surface area contributed by atoms with E-state index in [0.717, 1.165) is 29.9 Å². The van der Waals surface area contributed by atoms with E-state index in [0.29, 0.717) is 5.92 Å². The van der Waals surface area contributed by atoms with Crippen LogP contribution in [0.5, 0.6) is 0 Å². The number of halogens is 4. The maximum atomic E-state index is 13.6. The van der Waals surface area contributed by atoms with Crippen LogP contribution in [0.3, 0.4) is 0 Å². The van der Waals surface area contributed by atoms with Crippen LogP contribution >= 0.6 is 0 Å². The van der Waals surface area contributed by atoms with E-state index in [1.165, 1.54) is 83.1 Å². The van der Waals surface area contributed by atoms with E-state index < -0.39 is 17.6 Å². The molecule has 0 amide bonds. The molecular weight excluding hydrogens is 412 g/mol. The van der Waals surface area contributed by atoms with Crippen molar-refractivity contribution in [2.24, 2.45) is 23.7 Å². The molecule has 0 unspecified atom stereocenters. The van der Waals surface area contributed by atoms with Crippen molar-refractivity contribution in [1.29, 1.82) is 0 Å². The minimum atomic E-state index is -4.68. The number of unbranched alkanes of at least 4 members (excludes halogenated alkanes) is 2. The lowest BCUT2D eigenvalue weighted by atomic mass is 9.68. The number of hydrogen-bond donors (Lipinski definition) is 0. The second-order valence-corrected chi connectivity index (χ2v) is 9.77. The van der Waals surface area contributed by atoms with Crippen LogP contribution in [0.1, 0.15) is 95.1 Å². The van der Waals surface area contributed by atoms with Crippen molar-refractivity contribution in [3.8, 4) is 11.8 Å². The van der Waals surface area contributed by atoms with Crippen molar-refractivity contribution in [2.75, 3.05) is 0 Å². The number of benzene rings is 1. The Kier molecular flexibility index (Phi) is 9.26. The lowest BCUT2D eigenvalue weighted by Gasteiger charge is -2.37. The molecule has 0 radical (unpaired) electrons. The Bertz CT molecular complexity index is 795. The van der Waals surface area contributed by atoms with Crippen LogP contribution in [-0.2, 0) is 6.18 Å². The van der Waals surface area contributed by atoms with Gasteiger partial charge in [0.1, 0.15) is 5.82 Å². The molecule has 0 atom stereocenters. The second-order valence-electron chi connectivity index (χ2n) is 9.77. The van der Waals surface area contributed by atoms with Crippen molar-refractivity contribution >= 4 is 0 Å². The van der Waals surface area contributed by atoms with Crippen LogP contribution in [0.4, 0.5) is 17.6 Å². The fourth-order valence-electron chi connectivity index (χ4n) is 5.57. The average Bonchev–Trinajstić information content (AvgIpc) is 2.77. The molecule has 1 aromatic carbocycles. The second kappa shape index (κ2) is 11.9. The van der Waals surface area contributed by atoms with Crippen molar-refractivity contribution in [3.63, 3.8) is 0 Å². The van der Waals surface area contributed by atoms with Crippen LogP contribution in [0.15, 0.2) is 30.4 Å². The van der Waals surface area contributed by atoms with Crippen LogP contribution < -0.4 is 0 Å². The van der Waals surface area contributed by atoms with E-state index in [-0.39, 0.29) is 5.56 Å². The highest BCUT2D eigenvalue weighted by molar-refractivity contribution is 5.39. The van der Waals surface area contributed by atoms with Gasteiger partial charge in [-0.2, -0.15) is 13.2 Å². The Morgan fingerprint density at radius 1 is 0.938 bits per heavy atom. The van der Waals surface area contributed by atoms with E-state index in [4.69, 9.17) is 0 Å². The molecule has 0 bridgehead atoms. The molecule has 3 rings (SSSR count). The summed E-state index contributed by atoms with van der Waals surface area (Å²) in [7, 11) is 0. The van der Waals surface area contributed by atoms with Crippen molar-refractivity contribution in [2.45, 2.75) is 90.1 Å². The van der Waals surface area contributed by atoms with E-state index in [9.17, 15) is 17.6 Å². The van der Waals surface area contributed by atoms with E-state index in [2.05, 4.69) is 24.8 Å². The summed E-state index contributed by atoms with van der Waals surface area (Å²) in [5.74, 6) is 7.60. The zero-order valence-electron chi connectivity index (χ0n) is 19.2. The van der Waals surface area contributed by atoms with E-state index in [1.807, 2.05) is 0 Å². The molecule has 0 N–H and O–H groups in total. The summed E-state index contributed by atoms with van der Waals surface area (Å²) in [5.41, 5.74) is -0.991. The quantitative estimate of drug-likeness (QED) is 0.231. The highest BCUT2D eigenvalue weighted by atomic mass is 19.4. The number of hydrogen-bond acceptors (Lipinski definition) is 0. The zero-order chi connectivity index (χ0) is 23.0. The van der Waals surface area contributed by atoms with Gasteiger partial charge >= 0.3 is 6.18 Å². The van der Waals surface area contributed by atoms with Gasteiger partial charge < -0.3 is 0 Å². The molecular formula is C28H36F4. The molecule has 0 aliphatic heterocycles. The summed E-state index contributed by atoms with van der Waals surface area (Å²) in [6, 6.07) is 2.83. The maximum Gasteiger partial charge on any atom is 0.419 e. The predicted molar refractivity (Wildman–Crippen MR) is 122 cm³/mol. The average molecular weight is 449 g/mol. The van der Waals surface area contributed by atoms with Gasteiger partial charge in [-0.15, -0.1) is 0 Å². The molecule has 0 heterocycles. The molecule has 0 aromatic heterocycles. The van der Waals surface area contributed by atoms with Crippen LogP contribution in [0, 0.1) is 41.3 Å². The van der Waals surface area contributed by atoms with Crippen molar-refractivity contribution in [3.05, 3.63) is 47.3 Å². The molecule has 0 spiro atoms. The minimum Gasteiger partial charge on any atom is -0.206 e. The lowest BCUT2D eigenvalue weighted by molar-refractivity contribution is -0.140. The zero-order valence-corrected chi connectivity index (χ0v) is 19.2. The van der Waals surface area contributed by atoms with Crippen molar-refractivity contribution < 1.29 is 17.6 Å². The van der Waals surface area contributed by atoms with Gasteiger partial charge in [-0.05, 0) is 86.5 Å². The fourth-order valence-corrected chi connectivity index (χ4v) is 5.57. The SMILES string of the molecule is CCCCC[C@H]1CC[C@H]([C@H]2CC[C@H](C=CC#Cc3ccc(C(F)(F)F)c(F)c3)CC2)CC1. The Labute approximate surface area is 190 Å². The van der Waals surface area contributed by atoms with Gasteiger partial charge in [0, 0.05) is 5.56 Å². The van der Waals surface area contributed by atoms with E-state index >= 15 is 0 Å². The first-order valence-corrected chi connectivity index (χ1v) is 12.4. The molecule has 32 heavy (non-hydrogen) atoms. The molecule has 0 saturated heterocycles. The predicted octanol–water partition coefficient (Wildman–Crippen LogP) is 8.95. The third-order valence-electron chi connectivity index (χ3n) is 7.53. The molecule has 2 fully saturated rings. The smallest absolute Gasteiger partial charge is 0.206 e. The Morgan fingerprint density at radius 2 is 1.59 bits per heavy atom. The van der Waals surface area contributed by atoms with Crippen LogP contribution in [-0.4, -0.2) is 0 Å². The minimum absolute atomic E-state index is 0.258. The van der Waals surface area contributed by atoms with Crippen molar-refractivity contribution in [1.82, 2.24) is 0 Å². The van der Waals surface area contributed by atoms with Crippen LogP contribution in [0.25, 0.3) is 0 Å². The summed E-state index contributed by atoms with van der Waals surface area (Å²) >= 11 is 0. The van der Waals surface area contributed by atoms with Gasteiger partial charge in [0.25, 0.3) is 0 Å². The highest BCUT2D eigenvalue weighted by Gasteiger charge is 2.34. The van der Waals surface area contributed by atoms with Crippen LogP contribution in [0.2, 0.25) is 0 Å². The molecule has 1 aromatic rings. The van der Waals surface area contributed by atoms with Gasteiger partial charge in [-0.25, -0.2) is 4.39 Å². The van der Waals surface area contributed by atoms with Gasteiger partial charge in [-0.3, -0.25) is 0 Å². The number of allylic oxidation sites excluding steroid dienone is 2. The molecule has 176 valence electrons. The van der Waals surface area contributed by atoms with E-state index in [1.54, 1.807) is 6.08 Å². The summed E-state index contributed by atoms with van der Waals surface area (Å²) in [6.07, 6.45) is 15.4. The summed E-state index contributed by atoms with van der Waals surface area (Å²) in [5, 5.41) is 0. The van der Waals surface area contributed by atoms with Gasteiger partial charge in [0.05, 0.1) is 5.56 Å². The third kappa shape index (κ3) is 7.39. The van der Waals surface area contributed by atoms with Gasteiger partial charge in [-0.1, -0.05) is 63.4 Å². The highest BCUT2D eigenvalue weighted by Crippen LogP contribution is 2.42. The molecule has 2 aliphatic carbocycles. The molecule has 4 heteroatoms. The first kappa shape index (κ1) is 24.9. The summed E-state index contributed by atoms with van der Waals surface area (Å²) < 4.78 is 51.5.